The van der Waals surface area contributed by atoms with Crippen LogP contribution in [0.5, 0.6) is 11.5 Å². The monoisotopic (exact) mass is 443 g/mol. The molecule has 0 spiro atoms. The number of nitrogens with one attached hydrogen (secondary N) is 2. The van der Waals surface area contributed by atoms with E-state index >= 15 is 0 Å². The Balaban J connectivity index is 1.50. The number of hydrogen-bond acceptors (Lipinski definition) is 7. The molecule has 0 bridgehead atoms. The summed E-state index contributed by atoms with van der Waals surface area (Å²) >= 11 is 1.50. The van der Waals surface area contributed by atoms with Crippen LogP contribution in [0.25, 0.3) is 21.1 Å². The fourth-order valence-electron chi connectivity index (χ4n) is 4.75. The molecule has 0 radical (unpaired) electrons. The number of ether oxygens (including phenoxy) is 1. The van der Waals surface area contributed by atoms with Crippen LogP contribution in [-0.2, 0) is 0 Å². The molecule has 6 rings (SSSR count). The Kier molecular flexibility index (Phi) is 4.22. The summed E-state index contributed by atoms with van der Waals surface area (Å²) in [5.74, 6) is 0.700. The van der Waals surface area contributed by atoms with E-state index in [9.17, 15) is 5.11 Å². The third-order valence-corrected chi connectivity index (χ3v) is 7.10. The van der Waals surface area contributed by atoms with Crippen LogP contribution in [0.1, 0.15) is 35.1 Å². The SMILES string of the molecule is COc1cc([C@H]2C[C@H](c3ccc4nc(N)sc4c3)Nc3ccc4[nH]ncc4c32)ccc1O. The number of aromatic amines is 1. The number of H-pyrrole nitrogens is 1. The van der Waals surface area contributed by atoms with Crippen molar-refractivity contribution >= 4 is 43.3 Å². The fourth-order valence-corrected chi connectivity index (χ4v) is 5.53. The third kappa shape index (κ3) is 2.95. The normalized spacial score (nSPS) is 17.9. The van der Waals surface area contributed by atoms with Crippen molar-refractivity contribution in [2.75, 3.05) is 18.2 Å². The van der Waals surface area contributed by atoms with Gasteiger partial charge in [-0.25, -0.2) is 4.98 Å². The topological polar surface area (TPSA) is 109 Å². The number of benzene rings is 3. The van der Waals surface area contributed by atoms with Gasteiger partial charge in [0.15, 0.2) is 16.6 Å². The van der Waals surface area contributed by atoms with Crippen molar-refractivity contribution in [3.05, 3.63) is 71.4 Å². The molecule has 5 N–H and O–H groups in total. The number of rotatable bonds is 3. The number of aromatic hydroxyl groups is 1. The first-order valence-corrected chi connectivity index (χ1v) is 11.2. The Morgan fingerprint density at radius 1 is 1.12 bits per heavy atom. The summed E-state index contributed by atoms with van der Waals surface area (Å²) in [5.41, 5.74) is 12.4. The molecular formula is C24H21N5O2S. The first-order chi connectivity index (χ1) is 15.6. The molecule has 0 saturated carbocycles. The van der Waals surface area contributed by atoms with Crippen molar-refractivity contribution in [3.63, 3.8) is 0 Å². The predicted molar refractivity (Wildman–Crippen MR) is 128 cm³/mol. The number of fused-ring (bicyclic) bond motifs is 4. The molecule has 3 aromatic carbocycles. The second kappa shape index (κ2) is 7.13. The van der Waals surface area contributed by atoms with Crippen molar-refractivity contribution in [2.45, 2.75) is 18.4 Å². The zero-order chi connectivity index (χ0) is 21.8. The van der Waals surface area contributed by atoms with Gasteiger partial charge in [0.1, 0.15) is 0 Å². The van der Waals surface area contributed by atoms with Crippen LogP contribution >= 0.6 is 11.3 Å². The minimum absolute atomic E-state index is 0.0919. The minimum Gasteiger partial charge on any atom is -0.504 e. The second-order valence-corrected chi connectivity index (χ2v) is 9.12. The summed E-state index contributed by atoms with van der Waals surface area (Å²) in [6.07, 6.45) is 2.72. The van der Waals surface area contributed by atoms with Crippen molar-refractivity contribution in [1.29, 1.82) is 0 Å². The van der Waals surface area contributed by atoms with Gasteiger partial charge in [-0.05, 0) is 59.5 Å². The zero-order valence-corrected chi connectivity index (χ0v) is 18.1. The molecule has 8 heteroatoms. The van der Waals surface area contributed by atoms with E-state index in [0.717, 1.165) is 38.8 Å². The summed E-state index contributed by atoms with van der Waals surface area (Å²) < 4.78 is 6.48. The van der Waals surface area contributed by atoms with Crippen LogP contribution < -0.4 is 15.8 Å². The van der Waals surface area contributed by atoms with Crippen LogP contribution in [0.4, 0.5) is 10.8 Å². The second-order valence-electron chi connectivity index (χ2n) is 8.05. The number of nitrogens with two attached hydrogens (primary N) is 1. The molecule has 0 saturated heterocycles. The number of aromatic nitrogens is 3. The first kappa shape index (κ1) is 18.9. The molecule has 3 heterocycles. The molecule has 1 aliphatic rings. The van der Waals surface area contributed by atoms with Gasteiger partial charge in [-0.2, -0.15) is 5.10 Å². The highest BCUT2D eigenvalue weighted by Crippen LogP contribution is 2.48. The highest BCUT2D eigenvalue weighted by Gasteiger charge is 2.31. The smallest absolute Gasteiger partial charge is 0.181 e. The van der Waals surface area contributed by atoms with E-state index in [0.29, 0.717) is 10.9 Å². The van der Waals surface area contributed by atoms with Gasteiger partial charge < -0.3 is 20.9 Å². The molecule has 160 valence electrons. The first-order valence-electron chi connectivity index (χ1n) is 10.4. The van der Waals surface area contributed by atoms with E-state index in [-0.39, 0.29) is 17.7 Å². The molecule has 7 nitrogen and oxygen atoms in total. The molecule has 0 aliphatic carbocycles. The number of nitrogen functional groups attached to an aromatic ring is 1. The third-order valence-electron chi connectivity index (χ3n) is 6.25. The van der Waals surface area contributed by atoms with Crippen molar-refractivity contribution in [2.24, 2.45) is 0 Å². The van der Waals surface area contributed by atoms with Crippen molar-refractivity contribution in [3.8, 4) is 11.5 Å². The van der Waals surface area contributed by atoms with Gasteiger partial charge in [0, 0.05) is 17.0 Å². The summed E-state index contributed by atoms with van der Waals surface area (Å²) in [6.45, 7) is 0. The number of nitrogens with zero attached hydrogens (tertiary/aromatic N) is 2. The number of thiazole rings is 1. The van der Waals surface area contributed by atoms with Gasteiger partial charge in [0.05, 0.1) is 35.1 Å². The number of hydrogen-bond donors (Lipinski definition) is 4. The average molecular weight is 444 g/mol. The van der Waals surface area contributed by atoms with Gasteiger partial charge in [-0.3, -0.25) is 5.10 Å². The molecule has 0 unspecified atom stereocenters. The van der Waals surface area contributed by atoms with Crippen LogP contribution in [0, 0.1) is 0 Å². The highest BCUT2D eigenvalue weighted by molar-refractivity contribution is 7.22. The summed E-state index contributed by atoms with van der Waals surface area (Å²) in [6, 6.07) is 16.2. The van der Waals surface area contributed by atoms with E-state index in [1.165, 1.54) is 22.5 Å². The molecule has 0 amide bonds. The summed E-state index contributed by atoms with van der Waals surface area (Å²) in [4.78, 5) is 4.38. The van der Waals surface area contributed by atoms with Crippen LogP contribution in [-0.4, -0.2) is 27.4 Å². The largest absolute Gasteiger partial charge is 0.504 e. The van der Waals surface area contributed by atoms with Gasteiger partial charge in [-0.1, -0.05) is 23.5 Å². The lowest BCUT2D eigenvalue weighted by Gasteiger charge is -2.34. The fraction of sp³-hybridized carbons (Fsp3) is 0.167. The minimum atomic E-state index is 0.0919. The molecular weight excluding hydrogens is 422 g/mol. The summed E-state index contributed by atoms with van der Waals surface area (Å²) in [7, 11) is 1.57. The van der Waals surface area contributed by atoms with Crippen molar-refractivity contribution < 1.29 is 9.84 Å². The number of anilines is 2. The van der Waals surface area contributed by atoms with Crippen molar-refractivity contribution in [1.82, 2.24) is 15.2 Å². The van der Waals surface area contributed by atoms with Gasteiger partial charge in [0.25, 0.3) is 0 Å². The van der Waals surface area contributed by atoms with Gasteiger partial charge >= 0.3 is 0 Å². The standard InChI is InChI=1S/C24H21N5O2S/c1-31-21-8-12(3-7-20(21)30)14-10-19(13-2-4-17-22(9-13)32-24(25)28-17)27-18-6-5-16-15(23(14)18)11-26-29-16/h2-9,11,14,19,27,30H,10H2,1H3,(H2,25,28)(H,26,29)/t14-,19-/m1/s1. The van der Waals surface area contributed by atoms with Gasteiger partial charge in [0.2, 0.25) is 0 Å². The molecule has 2 aromatic heterocycles. The lowest BCUT2D eigenvalue weighted by Crippen LogP contribution is -2.22. The summed E-state index contributed by atoms with van der Waals surface area (Å²) in [5, 5.41) is 22.9. The van der Waals surface area contributed by atoms with E-state index in [1.54, 1.807) is 13.2 Å². The molecule has 2 atom stereocenters. The Morgan fingerprint density at radius 2 is 2.00 bits per heavy atom. The Hall–Kier alpha value is -3.78. The maximum absolute atomic E-state index is 10.1. The number of phenols is 1. The van der Waals surface area contributed by atoms with E-state index in [1.807, 2.05) is 24.4 Å². The maximum Gasteiger partial charge on any atom is 0.181 e. The van der Waals surface area contributed by atoms with E-state index in [2.05, 4.69) is 44.8 Å². The van der Waals surface area contributed by atoms with E-state index < -0.39 is 0 Å². The zero-order valence-electron chi connectivity index (χ0n) is 17.3. The molecule has 32 heavy (non-hydrogen) atoms. The van der Waals surface area contributed by atoms with Crippen LogP contribution in [0.2, 0.25) is 0 Å². The van der Waals surface area contributed by atoms with Crippen LogP contribution in [0.3, 0.4) is 0 Å². The Labute approximate surface area is 187 Å². The molecule has 1 aliphatic heterocycles. The lowest BCUT2D eigenvalue weighted by molar-refractivity contribution is 0.372. The Morgan fingerprint density at radius 3 is 2.88 bits per heavy atom. The lowest BCUT2D eigenvalue weighted by atomic mass is 9.79. The van der Waals surface area contributed by atoms with E-state index in [4.69, 9.17) is 10.5 Å². The number of methoxy groups -OCH3 is 1. The van der Waals surface area contributed by atoms with Gasteiger partial charge in [-0.15, -0.1) is 0 Å². The quantitative estimate of drug-likeness (QED) is 0.307. The average Bonchev–Trinajstić information content (AvgIpc) is 3.43. The Bertz CT molecular complexity index is 1470. The predicted octanol–water partition coefficient (Wildman–Crippen LogP) is 5.16. The molecule has 0 fully saturated rings. The van der Waals surface area contributed by atoms with Crippen LogP contribution in [0.15, 0.2) is 54.7 Å². The molecule has 5 aromatic rings. The highest BCUT2D eigenvalue weighted by atomic mass is 32.1. The number of phenolic OH excluding ortho intramolecular Hbond substituents is 1. The maximum atomic E-state index is 10.1.